The lowest BCUT2D eigenvalue weighted by atomic mass is 9.75. The van der Waals surface area contributed by atoms with E-state index < -0.39 is 0 Å². The summed E-state index contributed by atoms with van der Waals surface area (Å²) in [6.45, 7) is 9.79. The number of halogens is 2. The van der Waals surface area contributed by atoms with Gasteiger partial charge in [0.2, 0.25) is 0 Å². The molecule has 0 amide bonds. The van der Waals surface area contributed by atoms with Crippen LogP contribution in [0, 0.1) is 17.8 Å². The number of alkyl halides is 1. The largest absolute Gasteiger partial charge is 0.377 e. The van der Waals surface area contributed by atoms with E-state index in [0.717, 1.165) is 37.5 Å². The molecule has 4 heteroatoms. The summed E-state index contributed by atoms with van der Waals surface area (Å²) in [7, 11) is 2.11. The van der Waals surface area contributed by atoms with Gasteiger partial charge in [0.15, 0.2) is 0 Å². The minimum atomic E-state index is 0. The van der Waals surface area contributed by atoms with Crippen molar-refractivity contribution in [3.05, 3.63) is 0 Å². The van der Waals surface area contributed by atoms with Gasteiger partial charge in [0.05, 0.1) is 12.7 Å². The van der Waals surface area contributed by atoms with E-state index in [4.69, 9.17) is 16.3 Å². The summed E-state index contributed by atoms with van der Waals surface area (Å²) in [5.41, 5.74) is 0. The van der Waals surface area contributed by atoms with Crippen molar-refractivity contribution >= 4 is 24.0 Å². The van der Waals surface area contributed by atoms with Crippen LogP contribution in [-0.2, 0) is 4.74 Å². The smallest absolute Gasteiger partial charge is 0.0608 e. The lowest BCUT2D eigenvalue weighted by Gasteiger charge is -2.37. The van der Waals surface area contributed by atoms with E-state index in [-0.39, 0.29) is 12.4 Å². The first kappa shape index (κ1) is 19.5. The standard InChI is InChI=1S/C15H30ClNO.ClH/c1-12(2)14-6-5-13(3)11-15(14)18-10-9-17(4)8-7-16;/h12-15H,5-11H2,1-4H3;1H/t13-,14+,15-;/m1./s1. The molecule has 19 heavy (non-hydrogen) atoms. The van der Waals surface area contributed by atoms with Gasteiger partial charge in [-0.1, -0.05) is 27.2 Å². The summed E-state index contributed by atoms with van der Waals surface area (Å²) in [6.07, 6.45) is 4.41. The molecule has 0 spiro atoms. The third kappa shape index (κ3) is 7.17. The Kier molecular flexibility index (Phi) is 10.5. The molecule has 3 atom stereocenters. The molecule has 0 aromatic carbocycles. The Bertz CT molecular complexity index is 226. The highest BCUT2D eigenvalue weighted by Gasteiger charge is 2.31. The molecular formula is C15H31Cl2NO. The number of nitrogens with zero attached hydrogens (tertiary/aromatic N) is 1. The van der Waals surface area contributed by atoms with Gasteiger partial charge in [-0.05, 0) is 37.6 Å². The van der Waals surface area contributed by atoms with Crippen LogP contribution in [-0.4, -0.2) is 43.6 Å². The highest BCUT2D eigenvalue weighted by atomic mass is 35.5. The van der Waals surface area contributed by atoms with Crippen LogP contribution in [0.3, 0.4) is 0 Å². The van der Waals surface area contributed by atoms with Crippen molar-refractivity contribution in [2.24, 2.45) is 17.8 Å². The van der Waals surface area contributed by atoms with Gasteiger partial charge < -0.3 is 9.64 Å². The topological polar surface area (TPSA) is 12.5 Å². The van der Waals surface area contributed by atoms with E-state index in [0.29, 0.717) is 12.0 Å². The molecule has 0 N–H and O–H groups in total. The van der Waals surface area contributed by atoms with Crippen molar-refractivity contribution in [1.29, 1.82) is 0 Å². The second-order valence-electron chi connectivity index (χ2n) is 6.23. The van der Waals surface area contributed by atoms with E-state index in [1.807, 2.05) is 0 Å². The molecule has 1 rings (SSSR count). The predicted molar refractivity (Wildman–Crippen MR) is 86.5 cm³/mol. The molecule has 0 unspecified atom stereocenters. The zero-order valence-corrected chi connectivity index (χ0v) is 14.5. The Morgan fingerprint density at radius 3 is 2.53 bits per heavy atom. The van der Waals surface area contributed by atoms with Crippen LogP contribution in [0.15, 0.2) is 0 Å². The van der Waals surface area contributed by atoms with Crippen molar-refractivity contribution in [3.63, 3.8) is 0 Å². The van der Waals surface area contributed by atoms with Crippen LogP contribution >= 0.6 is 24.0 Å². The zero-order valence-electron chi connectivity index (χ0n) is 12.9. The first-order valence-electron chi connectivity index (χ1n) is 7.40. The second kappa shape index (κ2) is 10.3. The van der Waals surface area contributed by atoms with Gasteiger partial charge in [0, 0.05) is 19.0 Å². The SMILES string of the molecule is CC(C)[C@@H]1CC[C@@H](C)C[C@H]1OCCN(C)CCCl.Cl. The molecule has 0 bridgehead atoms. The van der Waals surface area contributed by atoms with E-state index >= 15 is 0 Å². The lowest BCUT2D eigenvalue weighted by Crippen LogP contribution is -2.36. The van der Waals surface area contributed by atoms with E-state index in [2.05, 4.69) is 32.7 Å². The molecule has 116 valence electrons. The van der Waals surface area contributed by atoms with E-state index in [1.54, 1.807) is 0 Å². The Morgan fingerprint density at radius 1 is 1.26 bits per heavy atom. The maximum absolute atomic E-state index is 6.16. The molecular weight excluding hydrogens is 281 g/mol. The van der Waals surface area contributed by atoms with E-state index in [9.17, 15) is 0 Å². The predicted octanol–water partition coefficient (Wildman–Crippen LogP) is 4.06. The molecule has 0 heterocycles. The van der Waals surface area contributed by atoms with Crippen LogP contribution in [0.25, 0.3) is 0 Å². The van der Waals surface area contributed by atoms with Crippen LogP contribution in [0.1, 0.15) is 40.0 Å². The van der Waals surface area contributed by atoms with Crippen molar-refractivity contribution in [2.45, 2.75) is 46.1 Å². The molecule has 0 aromatic rings. The highest BCUT2D eigenvalue weighted by molar-refractivity contribution is 6.18. The fourth-order valence-corrected chi connectivity index (χ4v) is 3.21. The maximum atomic E-state index is 6.16. The van der Waals surface area contributed by atoms with Gasteiger partial charge in [-0.2, -0.15) is 0 Å². The Labute approximate surface area is 130 Å². The van der Waals surface area contributed by atoms with Crippen LogP contribution in [0.4, 0.5) is 0 Å². The summed E-state index contributed by atoms with van der Waals surface area (Å²) < 4.78 is 6.16. The fraction of sp³-hybridized carbons (Fsp3) is 1.00. The molecule has 0 saturated heterocycles. The van der Waals surface area contributed by atoms with Crippen molar-refractivity contribution in [2.75, 3.05) is 32.6 Å². The normalized spacial score (nSPS) is 27.6. The molecule has 0 aromatic heterocycles. The van der Waals surface area contributed by atoms with Gasteiger partial charge in [0.1, 0.15) is 0 Å². The van der Waals surface area contributed by atoms with Crippen LogP contribution in [0.2, 0.25) is 0 Å². The second-order valence-corrected chi connectivity index (χ2v) is 6.61. The molecule has 2 nitrogen and oxygen atoms in total. The molecule has 0 aliphatic heterocycles. The molecule has 1 saturated carbocycles. The molecule has 1 fully saturated rings. The zero-order chi connectivity index (χ0) is 13.5. The first-order valence-corrected chi connectivity index (χ1v) is 7.94. The van der Waals surface area contributed by atoms with Gasteiger partial charge in [0.25, 0.3) is 0 Å². The number of rotatable bonds is 7. The summed E-state index contributed by atoms with van der Waals surface area (Å²) in [5, 5.41) is 0. The quantitative estimate of drug-likeness (QED) is 0.657. The third-order valence-corrected chi connectivity index (χ3v) is 4.40. The molecule has 1 aliphatic carbocycles. The summed E-state index contributed by atoms with van der Waals surface area (Å²) in [5.74, 6) is 3.01. The average molecular weight is 312 g/mol. The monoisotopic (exact) mass is 311 g/mol. The highest BCUT2D eigenvalue weighted by Crippen LogP contribution is 2.35. The lowest BCUT2D eigenvalue weighted by molar-refractivity contribution is -0.0426. The van der Waals surface area contributed by atoms with Crippen LogP contribution in [0.5, 0.6) is 0 Å². The van der Waals surface area contributed by atoms with Gasteiger partial charge in [-0.15, -0.1) is 24.0 Å². The summed E-state index contributed by atoms with van der Waals surface area (Å²) in [4.78, 5) is 2.24. The number of hydrogen-bond donors (Lipinski definition) is 0. The maximum Gasteiger partial charge on any atom is 0.0608 e. The van der Waals surface area contributed by atoms with Gasteiger partial charge in [-0.25, -0.2) is 0 Å². The van der Waals surface area contributed by atoms with Gasteiger partial charge >= 0.3 is 0 Å². The summed E-state index contributed by atoms with van der Waals surface area (Å²) in [6, 6.07) is 0. The Hall–Kier alpha value is 0.500. The minimum Gasteiger partial charge on any atom is -0.377 e. The Balaban J connectivity index is 0.00000324. The van der Waals surface area contributed by atoms with Crippen molar-refractivity contribution < 1.29 is 4.74 Å². The first-order chi connectivity index (χ1) is 8.54. The van der Waals surface area contributed by atoms with Crippen molar-refractivity contribution in [3.8, 4) is 0 Å². The number of hydrogen-bond acceptors (Lipinski definition) is 2. The number of likely N-dealkylation sites (N-methyl/N-ethyl adjacent to an activating group) is 1. The van der Waals surface area contributed by atoms with Crippen LogP contribution < -0.4 is 0 Å². The Morgan fingerprint density at radius 2 is 1.95 bits per heavy atom. The number of ether oxygens (including phenoxy) is 1. The minimum absolute atomic E-state index is 0. The fourth-order valence-electron chi connectivity index (χ4n) is 2.92. The van der Waals surface area contributed by atoms with Gasteiger partial charge in [-0.3, -0.25) is 0 Å². The summed E-state index contributed by atoms with van der Waals surface area (Å²) >= 11 is 5.73. The average Bonchev–Trinajstić information content (AvgIpc) is 2.29. The molecule has 1 aliphatic rings. The van der Waals surface area contributed by atoms with Crippen molar-refractivity contribution in [1.82, 2.24) is 4.90 Å². The molecule has 0 radical (unpaired) electrons. The van der Waals surface area contributed by atoms with E-state index in [1.165, 1.54) is 19.3 Å². The third-order valence-electron chi connectivity index (χ3n) is 4.23.